The van der Waals surface area contributed by atoms with Crippen LogP contribution in [0.1, 0.15) is 5.56 Å². The van der Waals surface area contributed by atoms with Crippen LogP contribution in [0, 0.1) is 23.7 Å². The Labute approximate surface area is 88.6 Å². The molecule has 0 heterocycles. The summed E-state index contributed by atoms with van der Waals surface area (Å²) in [5.41, 5.74) is 0.938. The number of benzene rings is 1. The molecule has 4 nitrogen and oxygen atoms in total. The second kappa shape index (κ2) is 4.50. The Bertz CT molecular complexity index is 535. The molecule has 0 aromatic heterocycles. The smallest absolute Gasteiger partial charge is 0.246 e. The zero-order valence-corrected chi connectivity index (χ0v) is 8.58. The molecule has 0 aliphatic rings. The van der Waals surface area contributed by atoms with Crippen LogP contribution < -0.4 is 4.72 Å². The summed E-state index contributed by atoms with van der Waals surface area (Å²) in [5, 5.41) is 8.28. The third-order valence-corrected chi connectivity index (χ3v) is 2.61. The number of nitriles is 1. The summed E-state index contributed by atoms with van der Waals surface area (Å²) in [4.78, 5) is 0. The lowest BCUT2D eigenvalue weighted by Crippen LogP contribution is -2.15. The van der Waals surface area contributed by atoms with Gasteiger partial charge in [0.1, 0.15) is 0 Å². The zero-order valence-electron chi connectivity index (χ0n) is 7.77. The average molecular weight is 220 g/mol. The van der Waals surface area contributed by atoms with Crippen molar-refractivity contribution in [2.75, 3.05) is 10.5 Å². The first-order chi connectivity index (χ1) is 7.07. The number of sulfonamides is 1. The number of hydrogen-bond donors (Lipinski definition) is 1. The highest BCUT2D eigenvalue weighted by atomic mass is 32.2. The van der Waals surface area contributed by atoms with E-state index in [1.165, 1.54) is 6.07 Å². The molecule has 0 amide bonds. The molecule has 0 radical (unpaired) electrons. The maximum Gasteiger partial charge on any atom is 0.246 e. The Morgan fingerprint density at radius 3 is 2.80 bits per heavy atom. The van der Waals surface area contributed by atoms with Crippen molar-refractivity contribution in [2.24, 2.45) is 0 Å². The van der Waals surface area contributed by atoms with E-state index in [-0.39, 0.29) is 0 Å². The maximum atomic E-state index is 11.2. The third kappa shape index (κ3) is 3.34. The van der Waals surface area contributed by atoms with Crippen LogP contribution in [0.3, 0.4) is 0 Å². The first-order valence-corrected chi connectivity index (χ1v) is 5.67. The van der Waals surface area contributed by atoms with E-state index in [1.807, 2.05) is 0 Å². The molecule has 1 aromatic rings. The molecule has 0 atom stereocenters. The summed E-state index contributed by atoms with van der Waals surface area (Å²) in [6.45, 7) is 0. The normalized spacial score (nSPS) is 10.0. The van der Waals surface area contributed by atoms with Crippen LogP contribution in [-0.4, -0.2) is 14.2 Å². The summed E-state index contributed by atoms with van der Waals surface area (Å²) >= 11 is 0. The largest absolute Gasteiger partial charge is 0.283 e. The molecule has 0 aliphatic carbocycles. The topological polar surface area (TPSA) is 70.0 Å². The SMILES string of the molecule is C#Cc1cccc(NS(=O)(=O)CC#N)c1. The van der Waals surface area contributed by atoms with Crippen molar-refractivity contribution >= 4 is 15.7 Å². The average Bonchev–Trinajstić information content (AvgIpc) is 2.17. The van der Waals surface area contributed by atoms with Crippen LogP contribution >= 0.6 is 0 Å². The summed E-state index contributed by atoms with van der Waals surface area (Å²) in [6, 6.07) is 7.97. The zero-order chi connectivity index (χ0) is 11.3. The molecule has 76 valence electrons. The number of anilines is 1. The highest BCUT2D eigenvalue weighted by molar-refractivity contribution is 7.92. The third-order valence-electron chi connectivity index (χ3n) is 1.56. The standard InChI is InChI=1S/C10H8N2O2S/c1-2-9-4-3-5-10(8-9)12-15(13,14)7-6-11/h1,3-5,8,12H,7H2. The van der Waals surface area contributed by atoms with Crippen molar-refractivity contribution < 1.29 is 8.42 Å². The van der Waals surface area contributed by atoms with Gasteiger partial charge >= 0.3 is 0 Å². The van der Waals surface area contributed by atoms with Gasteiger partial charge in [-0.1, -0.05) is 12.0 Å². The number of rotatable bonds is 3. The molecule has 0 bridgehead atoms. The van der Waals surface area contributed by atoms with Gasteiger partial charge in [-0.25, -0.2) is 8.42 Å². The predicted molar refractivity (Wildman–Crippen MR) is 57.4 cm³/mol. The van der Waals surface area contributed by atoms with Crippen molar-refractivity contribution in [3.63, 3.8) is 0 Å². The minimum absolute atomic E-state index is 0.362. The van der Waals surface area contributed by atoms with Crippen LogP contribution in [0.2, 0.25) is 0 Å². The fourth-order valence-corrected chi connectivity index (χ4v) is 1.70. The van der Waals surface area contributed by atoms with E-state index >= 15 is 0 Å². The van der Waals surface area contributed by atoms with Gasteiger partial charge in [-0.3, -0.25) is 4.72 Å². The quantitative estimate of drug-likeness (QED) is 0.770. The van der Waals surface area contributed by atoms with E-state index in [2.05, 4.69) is 10.6 Å². The van der Waals surface area contributed by atoms with E-state index in [1.54, 1.807) is 24.3 Å². The fourth-order valence-electron chi connectivity index (χ4n) is 0.973. The number of nitrogens with one attached hydrogen (secondary N) is 1. The first-order valence-electron chi connectivity index (χ1n) is 4.01. The Morgan fingerprint density at radius 1 is 1.47 bits per heavy atom. The maximum absolute atomic E-state index is 11.2. The lowest BCUT2D eigenvalue weighted by atomic mass is 10.2. The second-order valence-electron chi connectivity index (χ2n) is 2.74. The Kier molecular flexibility index (Phi) is 3.33. The van der Waals surface area contributed by atoms with E-state index < -0.39 is 15.8 Å². The van der Waals surface area contributed by atoms with Gasteiger partial charge in [0.05, 0.1) is 6.07 Å². The van der Waals surface area contributed by atoms with Crippen molar-refractivity contribution in [1.29, 1.82) is 5.26 Å². The molecule has 0 saturated carbocycles. The highest BCUT2D eigenvalue weighted by Crippen LogP contribution is 2.11. The van der Waals surface area contributed by atoms with Gasteiger partial charge in [0.15, 0.2) is 5.75 Å². The summed E-state index contributed by atoms with van der Waals surface area (Å²) in [6.07, 6.45) is 5.16. The van der Waals surface area contributed by atoms with Gasteiger partial charge in [0.2, 0.25) is 10.0 Å². The molecule has 0 spiro atoms. The fraction of sp³-hybridized carbons (Fsp3) is 0.100. The molecule has 1 rings (SSSR count). The minimum atomic E-state index is -3.59. The van der Waals surface area contributed by atoms with Crippen molar-refractivity contribution in [3.8, 4) is 18.4 Å². The molecule has 1 N–H and O–H groups in total. The molecule has 0 fully saturated rings. The molecule has 1 aromatic carbocycles. The Hall–Kier alpha value is -1.98. The lowest BCUT2D eigenvalue weighted by Gasteiger charge is -2.04. The van der Waals surface area contributed by atoms with Crippen LogP contribution in [0.4, 0.5) is 5.69 Å². The lowest BCUT2D eigenvalue weighted by molar-refractivity contribution is 0.604. The molecular formula is C10H8N2O2S. The van der Waals surface area contributed by atoms with Gasteiger partial charge in [0.25, 0.3) is 0 Å². The van der Waals surface area contributed by atoms with Gasteiger partial charge in [-0.2, -0.15) is 5.26 Å². The van der Waals surface area contributed by atoms with Gasteiger partial charge in [0, 0.05) is 11.3 Å². The van der Waals surface area contributed by atoms with E-state index in [9.17, 15) is 8.42 Å². The number of hydrogen-bond acceptors (Lipinski definition) is 3. The minimum Gasteiger partial charge on any atom is -0.283 e. The van der Waals surface area contributed by atoms with Gasteiger partial charge in [-0.05, 0) is 18.2 Å². The van der Waals surface area contributed by atoms with Crippen LogP contribution in [0.25, 0.3) is 0 Å². The molecular weight excluding hydrogens is 212 g/mol. The monoisotopic (exact) mass is 220 g/mol. The number of terminal acetylenes is 1. The van der Waals surface area contributed by atoms with Crippen LogP contribution in [0.15, 0.2) is 24.3 Å². The first kappa shape index (κ1) is 11.1. The van der Waals surface area contributed by atoms with Crippen LogP contribution in [0.5, 0.6) is 0 Å². The van der Waals surface area contributed by atoms with Crippen molar-refractivity contribution in [1.82, 2.24) is 0 Å². The Morgan fingerprint density at radius 2 is 2.20 bits per heavy atom. The number of nitrogens with zero attached hydrogens (tertiary/aromatic N) is 1. The molecule has 5 heteroatoms. The van der Waals surface area contributed by atoms with Crippen molar-refractivity contribution in [3.05, 3.63) is 29.8 Å². The molecule has 0 unspecified atom stereocenters. The summed E-state index contributed by atoms with van der Waals surface area (Å²) < 4.78 is 24.7. The van der Waals surface area contributed by atoms with E-state index in [0.717, 1.165) is 0 Å². The Balaban J connectivity index is 2.92. The molecule has 15 heavy (non-hydrogen) atoms. The van der Waals surface area contributed by atoms with Crippen molar-refractivity contribution in [2.45, 2.75) is 0 Å². The van der Waals surface area contributed by atoms with Crippen LogP contribution in [-0.2, 0) is 10.0 Å². The predicted octanol–water partition coefficient (Wildman–Crippen LogP) is 0.933. The van der Waals surface area contributed by atoms with Gasteiger partial charge in [-0.15, -0.1) is 6.42 Å². The molecule has 0 aliphatic heterocycles. The molecule has 0 saturated heterocycles. The second-order valence-corrected chi connectivity index (χ2v) is 4.47. The van der Waals surface area contributed by atoms with E-state index in [0.29, 0.717) is 11.3 Å². The van der Waals surface area contributed by atoms with E-state index in [4.69, 9.17) is 11.7 Å². The highest BCUT2D eigenvalue weighted by Gasteiger charge is 2.08. The summed E-state index contributed by atoms with van der Waals surface area (Å²) in [7, 11) is -3.59. The van der Waals surface area contributed by atoms with Gasteiger partial charge < -0.3 is 0 Å². The summed E-state index contributed by atoms with van der Waals surface area (Å²) in [5.74, 6) is 1.81.